The van der Waals surface area contributed by atoms with Crippen LogP contribution in [0.1, 0.15) is 61.6 Å². The van der Waals surface area contributed by atoms with Gasteiger partial charge in [0.2, 0.25) is 9.03 Å². The highest BCUT2D eigenvalue weighted by molar-refractivity contribution is 7.26. The molecule has 2 aromatic carbocycles. The van der Waals surface area contributed by atoms with Crippen LogP contribution in [0.2, 0.25) is 0 Å². The van der Waals surface area contributed by atoms with E-state index in [0.717, 1.165) is 30.9 Å². The van der Waals surface area contributed by atoms with Gasteiger partial charge in [0.25, 0.3) is 0 Å². The lowest BCUT2D eigenvalue weighted by atomic mass is 9.55. The lowest BCUT2D eigenvalue weighted by molar-refractivity contribution is -0.0226. The fourth-order valence-corrected chi connectivity index (χ4v) is 6.87. The van der Waals surface area contributed by atoms with E-state index < -0.39 is 0 Å². The van der Waals surface area contributed by atoms with Crippen molar-refractivity contribution in [1.29, 1.82) is 0 Å². The molecule has 3 aliphatic rings. The van der Waals surface area contributed by atoms with Gasteiger partial charge in [0.15, 0.2) is 0 Å². The summed E-state index contributed by atoms with van der Waals surface area (Å²) >= 11 is 0. The summed E-state index contributed by atoms with van der Waals surface area (Å²) in [6.07, 6.45) is 6.85. The molecule has 3 nitrogen and oxygen atoms in total. The minimum absolute atomic E-state index is 0.0148. The largest absolute Gasteiger partial charge is 0.450 e. The predicted molar refractivity (Wildman–Crippen MR) is 117 cm³/mol. The third-order valence-electron chi connectivity index (χ3n) is 7.95. The van der Waals surface area contributed by atoms with E-state index in [1.54, 1.807) is 0 Å². The van der Waals surface area contributed by atoms with Crippen LogP contribution in [-0.2, 0) is 17.6 Å². The number of aryl methyl sites for hydroxylation is 1. The zero-order chi connectivity index (χ0) is 19.8. The zero-order valence-electron chi connectivity index (χ0n) is 17.1. The first-order chi connectivity index (χ1) is 14.1. The fraction of sp³-hybridized carbons (Fsp3) is 0.520. The van der Waals surface area contributed by atoms with Crippen molar-refractivity contribution in [2.75, 3.05) is 0 Å². The van der Waals surface area contributed by atoms with E-state index in [2.05, 4.69) is 37.3 Å². The number of fused-ring (bicyclic) bond motifs is 5. The quantitative estimate of drug-likeness (QED) is 0.485. The van der Waals surface area contributed by atoms with E-state index in [1.165, 1.54) is 36.0 Å². The number of rotatable bonds is 5. The highest BCUT2D eigenvalue weighted by Crippen LogP contribution is 2.60. The summed E-state index contributed by atoms with van der Waals surface area (Å²) in [4.78, 5) is 0. The van der Waals surface area contributed by atoms with E-state index in [4.69, 9.17) is 9.05 Å². The van der Waals surface area contributed by atoms with Gasteiger partial charge in [0.1, 0.15) is 5.75 Å². The Kier molecular flexibility index (Phi) is 5.41. The Morgan fingerprint density at radius 3 is 2.79 bits per heavy atom. The standard InChI is InChI=1S/C25H31O3P/c1-25-14-13-21-20-10-8-19(28-29-27-16-17-5-3-2-4-6-17)15-18(20)7-9-22(21)23(25)11-12-24(25)26/h2-6,8,10,15,21-24,26,29H,7,9,11-14,16H2,1H3. The third-order valence-corrected chi connectivity index (χ3v) is 8.53. The maximum Gasteiger partial charge on any atom is 0.215 e. The van der Waals surface area contributed by atoms with Gasteiger partial charge in [0.05, 0.1) is 12.7 Å². The second-order valence-electron chi connectivity index (χ2n) is 9.37. The first-order valence-corrected chi connectivity index (χ1v) is 11.9. The summed E-state index contributed by atoms with van der Waals surface area (Å²) in [5.41, 5.74) is 4.31. The third kappa shape index (κ3) is 3.63. The average molecular weight is 410 g/mol. The van der Waals surface area contributed by atoms with Gasteiger partial charge < -0.3 is 14.2 Å². The lowest BCUT2D eigenvalue weighted by Crippen LogP contribution is -2.43. The van der Waals surface area contributed by atoms with Crippen LogP contribution in [0.15, 0.2) is 48.5 Å². The van der Waals surface area contributed by atoms with Gasteiger partial charge in [0, 0.05) is 0 Å². The van der Waals surface area contributed by atoms with Crippen LogP contribution in [-0.4, -0.2) is 11.2 Å². The summed E-state index contributed by atoms with van der Waals surface area (Å²) in [6, 6.07) is 16.9. The Labute approximate surface area is 175 Å². The van der Waals surface area contributed by atoms with E-state index in [1.807, 2.05) is 18.2 Å². The second kappa shape index (κ2) is 8.02. The van der Waals surface area contributed by atoms with Crippen molar-refractivity contribution in [3.05, 3.63) is 65.2 Å². The Balaban J connectivity index is 1.23. The molecule has 0 aliphatic heterocycles. The molecular formula is C25H31O3P. The molecule has 0 aromatic heterocycles. The van der Waals surface area contributed by atoms with Crippen LogP contribution in [0.4, 0.5) is 0 Å². The van der Waals surface area contributed by atoms with Crippen molar-refractivity contribution in [3.63, 3.8) is 0 Å². The molecule has 6 atom stereocenters. The molecule has 3 aliphatic carbocycles. The molecule has 0 heterocycles. The Morgan fingerprint density at radius 1 is 1.07 bits per heavy atom. The molecule has 4 heteroatoms. The van der Waals surface area contributed by atoms with Crippen molar-refractivity contribution >= 4 is 9.03 Å². The molecule has 0 saturated heterocycles. The molecule has 0 bridgehead atoms. The Morgan fingerprint density at radius 2 is 1.93 bits per heavy atom. The molecule has 154 valence electrons. The molecule has 2 fully saturated rings. The molecule has 5 rings (SSSR count). The highest BCUT2D eigenvalue weighted by atomic mass is 31.1. The number of hydrogen-bond donors (Lipinski definition) is 1. The molecule has 0 radical (unpaired) electrons. The minimum Gasteiger partial charge on any atom is -0.450 e. The highest BCUT2D eigenvalue weighted by Gasteiger charge is 2.54. The van der Waals surface area contributed by atoms with Crippen LogP contribution in [0.5, 0.6) is 5.75 Å². The molecule has 0 spiro atoms. The van der Waals surface area contributed by atoms with Crippen LogP contribution in [0.3, 0.4) is 0 Å². The van der Waals surface area contributed by atoms with Crippen molar-refractivity contribution in [1.82, 2.24) is 0 Å². The Hall–Kier alpha value is -1.41. The van der Waals surface area contributed by atoms with Gasteiger partial charge in [-0.05, 0) is 90.5 Å². The maximum absolute atomic E-state index is 10.6. The van der Waals surface area contributed by atoms with Crippen LogP contribution >= 0.6 is 9.03 Å². The lowest BCUT2D eigenvalue weighted by Gasteiger charge is -2.50. The van der Waals surface area contributed by atoms with Gasteiger partial charge in [-0.25, -0.2) is 0 Å². The van der Waals surface area contributed by atoms with Crippen LogP contribution in [0, 0.1) is 17.3 Å². The number of aliphatic hydroxyl groups is 1. The topological polar surface area (TPSA) is 38.7 Å². The van der Waals surface area contributed by atoms with Gasteiger partial charge in [-0.1, -0.05) is 43.3 Å². The molecule has 0 amide bonds. The summed E-state index contributed by atoms with van der Waals surface area (Å²) < 4.78 is 11.6. The molecule has 1 N–H and O–H groups in total. The van der Waals surface area contributed by atoms with Crippen molar-refractivity contribution in [3.8, 4) is 5.75 Å². The fourth-order valence-electron chi connectivity index (χ4n) is 6.36. The Bertz CT molecular complexity index is 854. The summed E-state index contributed by atoms with van der Waals surface area (Å²) in [5.74, 6) is 3.01. The van der Waals surface area contributed by atoms with Crippen molar-refractivity contribution in [2.24, 2.45) is 17.3 Å². The minimum atomic E-state index is -0.0949. The number of aliphatic hydroxyl groups excluding tert-OH is 1. The summed E-state index contributed by atoms with van der Waals surface area (Å²) in [6.45, 7) is 2.92. The van der Waals surface area contributed by atoms with E-state index >= 15 is 0 Å². The van der Waals surface area contributed by atoms with Gasteiger partial charge in [-0.2, -0.15) is 0 Å². The number of hydrogen-bond acceptors (Lipinski definition) is 3. The first-order valence-electron chi connectivity index (χ1n) is 11.0. The predicted octanol–water partition coefficient (Wildman–Crippen LogP) is 6.01. The number of benzene rings is 2. The van der Waals surface area contributed by atoms with E-state index in [-0.39, 0.29) is 20.6 Å². The SMILES string of the molecule is CC12CCC3c4ccc(OPOCc5ccccc5)cc4CCC3C1CCC2O. The average Bonchev–Trinajstić information content (AvgIpc) is 3.06. The molecule has 2 saturated carbocycles. The van der Waals surface area contributed by atoms with E-state index in [9.17, 15) is 5.11 Å². The van der Waals surface area contributed by atoms with Crippen LogP contribution < -0.4 is 4.52 Å². The normalized spacial score (nSPS) is 33.3. The smallest absolute Gasteiger partial charge is 0.215 e. The zero-order valence-corrected chi connectivity index (χ0v) is 18.1. The van der Waals surface area contributed by atoms with Crippen molar-refractivity contribution < 1.29 is 14.2 Å². The van der Waals surface area contributed by atoms with Gasteiger partial charge in [-0.15, -0.1) is 0 Å². The molecule has 2 aromatic rings. The van der Waals surface area contributed by atoms with Crippen molar-refractivity contribution in [2.45, 2.75) is 64.1 Å². The van der Waals surface area contributed by atoms with Gasteiger partial charge >= 0.3 is 0 Å². The summed E-state index contributed by atoms with van der Waals surface area (Å²) in [7, 11) is 0.0148. The maximum atomic E-state index is 10.6. The molecular weight excluding hydrogens is 379 g/mol. The monoisotopic (exact) mass is 410 g/mol. The summed E-state index contributed by atoms with van der Waals surface area (Å²) in [5, 5.41) is 10.6. The second-order valence-corrected chi connectivity index (χ2v) is 10.0. The van der Waals surface area contributed by atoms with Crippen LogP contribution in [0.25, 0.3) is 0 Å². The van der Waals surface area contributed by atoms with Gasteiger partial charge in [-0.3, -0.25) is 0 Å². The molecule has 29 heavy (non-hydrogen) atoms. The first kappa shape index (κ1) is 19.5. The molecule has 6 unspecified atom stereocenters. The van der Waals surface area contributed by atoms with E-state index in [0.29, 0.717) is 18.4 Å².